The predicted molar refractivity (Wildman–Crippen MR) is 127 cm³/mol. The highest BCUT2D eigenvalue weighted by Crippen LogP contribution is 2.52. The molecule has 2 aliphatic carbocycles. The molecule has 1 N–H and O–H groups in total. The number of nitrogens with zero attached hydrogens (tertiary/aromatic N) is 1. The molecule has 5 rings (SSSR count). The Bertz CT molecular complexity index is 1050. The van der Waals surface area contributed by atoms with Gasteiger partial charge in [-0.2, -0.15) is 0 Å². The van der Waals surface area contributed by atoms with Gasteiger partial charge in [0.25, 0.3) is 0 Å². The average molecular weight is 492 g/mol. The van der Waals surface area contributed by atoms with Crippen LogP contribution in [0.5, 0.6) is 5.75 Å². The summed E-state index contributed by atoms with van der Waals surface area (Å²) < 4.78 is 20.5. The Labute approximate surface area is 203 Å². The van der Waals surface area contributed by atoms with Crippen LogP contribution in [0.1, 0.15) is 78.9 Å². The summed E-state index contributed by atoms with van der Waals surface area (Å²) in [6, 6.07) is 8.74. The van der Waals surface area contributed by atoms with Gasteiger partial charge < -0.3 is 9.84 Å². The van der Waals surface area contributed by atoms with Crippen molar-refractivity contribution in [2.24, 2.45) is 5.41 Å². The van der Waals surface area contributed by atoms with Crippen molar-refractivity contribution in [3.8, 4) is 5.75 Å². The van der Waals surface area contributed by atoms with Crippen LogP contribution < -0.4 is 4.74 Å². The van der Waals surface area contributed by atoms with E-state index in [4.69, 9.17) is 27.9 Å². The number of halogens is 3. The SMILES string of the molecule is CC(c1cc(Cl)cc(Cl)c1)N1CCC2(CC1)CC(Oc1cc(F)c(C(=O)O)cc1C1CC1)C2. The first kappa shape index (κ1) is 22.9. The molecule has 0 amide bonds. The summed E-state index contributed by atoms with van der Waals surface area (Å²) in [4.78, 5) is 13.8. The minimum absolute atomic E-state index is 0.0632. The second-order valence-corrected chi connectivity index (χ2v) is 10.9. The zero-order valence-corrected chi connectivity index (χ0v) is 20.1. The van der Waals surface area contributed by atoms with E-state index in [9.17, 15) is 14.3 Å². The predicted octanol–water partition coefficient (Wildman–Crippen LogP) is 7.09. The van der Waals surface area contributed by atoms with Crippen LogP contribution in [0, 0.1) is 11.2 Å². The van der Waals surface area contributed by atoms with Crippen LogP contribution in [0.4, 0.5) is 4.39 Å². The molecular weight excluding hydrogens is 464 g/mol. The second-order valence-electron chi connectivity index (χ2n) is 10.0. The summed E-state index contributed by atoms with van der Waals surface area (Å²) in [5.74, 6) is -1.13. The van der Waals surface area contributed by atoms with Gasteiger partial charge in [-0.25, -0.2) is 9.18 Å². The average Bonchev–Trinajstić information content (AvgIpc) is 3.57. The van der Waals surface area contributed by atoms with Gasteiger partial charge in [-0.1, -0.05) is 23.2 Å². The van der Waals surface area contributed by atoms with Crippen molar-refractivity contribution in [2.45, 2.75) is 63.5 Å². The molecule has 1 unspecified atom stereocenters. The molecule has 3 aliphatic rings. The van der Waals surface area contributed by atoms with Gasteiger partial charge in [-0.05, 0) is 105 Å². The molecule has 1 spiro atoms. The van der Waals surface area contributed by atoms with Crippen molar-refractivity contribution in [3.05, 3.63) is 62.9 Å². The number of hydrogen-bond donors (Lipinski definition) is 1. The Morgan fingerprint density at radius 1 is 1.12 bits per heavy atom. The lowest BCUT2D eigenvalue weighted by Crippen LogP contribution is -2.51. The molecule has 1 aliphatic heterocycles. The molecule has 0 aromatic heterocycles. The number of piperidine rings is 1. The topological polar surface area (TPSA) is 49.8 Å². The highest BCUT2D eigenvalue weighted by molar-refractivity contribution is 6.34. The fraction of sp³-hybridized carbons (Fsp3) is 0.500. The molecule has 4 nitrogen and oxygen atoms in total. The highest BCUT2D eigenvalue weighted by Gasteiger charge is 2.48. The Morgan fingerprint density at radius 3 is 2.33 bits per heavy atom. The summed E-state index contributed by atoms with van der Waals surface area (Å²) in [5, 5.41) is 10.6. The van der Waals surface area contributed by atoms with E-state index >= 15 is 0 Å². The normalized spacial score (nSPS) is 21.6. The summed E-state index contributed by atoms with van der Waals surface area (Å²) in [7, 11) is 0. The van der Waals surface area contributed by atoms with Gasteiger partial charge in [0.2, 0.25) is 0 Å². The Morgan fingerprint density at radius 2 is 1.76 bits per heavy atom. The van der Waals surface area contributed by atoms with E-state index in [0.717, 1.165) is 62.7 Å². The van der Waals surface area contributed by atoms with E-state index in [0.29, 0.717) is 15.8 Å². The lowest BCUT2D eigenvalue weighted by molar-refractivity contribution is -0.0611. The smallest absolute Gasteiger partial charge is 0.338 e. The van der Waals surface area contributed by atoms with Crippen LogP contribution in [-0.2, 0) is 0 Å². The van der Waals surface area contributed by atoms with E-state index in [1.807, 2.05) is 12.1 Å². The third-order valence-electron chi connectivity index (χ3n) is 7.74. The van der Waals surface area contributed by atoms with Crippen molar-refractivity contribution in [1.82, 2.24) is 4.90 Å². The number of carbonyl (C=O) groups is 1. The molecule has 7 heteroatoms. The lowest BCUT2D eigenvalue weighted by atomic mass is 9.61. The number of hydrogen-bond acceptors (Lipinski definition) is 3. The number of benzene rings is 2. The molecule has 3 fully saturated rings. The highest BCUT2D eigenvalue weighted by atomic mass is 35.5. The summed E-state index contributed by atoms with van der Waals surface area (Å²) in [6.45, 7) is 4.21. The van der Waals surface area contributed by atoms with E-state index in [1.165, 1.54) is 12.1 Å². The maximum absolute atomic E-state index is 14.3. The molecule has 2 saturated carbocycles. The number of carboxylic acids is 1. The van der Waals surface area contributed by atoms with Gasteiger partial charge in [-0.3, -0.25) is 4.90 Å². The molecule has 2 aromatic rings. The monoisotopic (exact) mass is 491 g/mol. The minimum atomic E-state index is -1.23. The van der Waals surface area contributed by atoms with Crippen molar-refractivity contribution in [3.63, 3.8) is 0 Å². The van der Waals surface area contributed by atoms with Gasteiger partial charge in [0.1, 0.15) is 11.6 Å². The van der Waals surface area contributed by atoms with E-state index in [2.05, 4.69) is 11.8 Å². The van der Waals surface area contributed by atoms with Crippen molar-refractivity contribution in [1.29, 1.82) is 0 Å². The first-order valence-electron chi connectivity index (χ1n) is 11.7. The second kappa shape index (κ2) is 8.75. The van der Waals surface area contributed by atoms with Gasteiger partial charge >= 0.3 is 5.97 Å². The summed E-state index contributed by atoms with van der Waals surface area (Å²) in [5.41, 5.74) is 2.00. The third-order valence-corrected chi connectivity index (χ3v) is 8.17. The van der Waals surface area contributed by atoms with Gasteiger partial charge in [0, 0.05) is 22.2 Å². The quantitative estimate of drug-likeness (QED) is 0.468. The third kappa shape index (κ3) is 4.73. The minimum Gasteiger partial charge on any atom is -0.490 e. The number of carboxylic acid groups (broad SMARTS) is 1. The number of aromatic carboxylic acids is 1. The Hall–Kier alpha value is -1.82. The van der Waals surface area contributed by atoms with Crippen LogP contribution >= 0.6 is 23.2 Å². The molecular formula is C26H28Cl2FNO3. The molecule has 2 aromatic carbocycles. The molecule has 33 heavy (non-hydrogen) atoms. The standard InChI is InChI=1S/C26H28Cl2FNO3/c1-15(17-8-18(27)10-19(28)9-17)30-6-4-26(5-7-30)13-20(14-26)33-24-12-23(29)22(25(31)32)11-21(24)16-2-3-16/h8-12,15-16,20H,2-7,13-14H2,1H3,(H,31,32). The molecule has 0 radical (unpaired) electrons. The number of ether oxygens (including phenoxy) is 1. The van der Waals surface area contributed by atoms with Crippen molar-refractivity contribution in [2.75, 3.05) is 13.1 Å². The maximum Gasteiger partial charge on any atom is 0.338 e. The Balaban J connectivity index is 1.19. The van der Waals surface area contributed by atoms with Gasteiger partial charge in [0.15, 0.2) is 0 Å². The fourth-order valence-electron chi connectivity index (χ4n) is 5.54. The molecule has 176 valence electrons. The summed E-state index contributed by atoms with van der Waals surface area (Å²) >= 11 is 12.4. The van der Waals surface area contributed by atoms with Crippen LogP contribution in [0.15, 0.2) is 30.3 Å². The zero-order chi connectivity index (χ0) is 23.3. The molecule has 0 bridgehead atoms. The van der Waals surface area contributed by atoms with Crippen molar-refractivity contribution >= 4 is 29.2 Å². The van der Waals surface area contributed by atoms with Crippen LogP contribution in [-0.4, -0.2) is 35.2 Å². The van der Waals surface area contributed by atoms with E-state index in [1.54, 1.807) is 6.07 Å². The largest absolute Gasteiger partial charge is 0.490 e. The van der Waals surface area contributed by atoms with Crippen LogP contribution in [0.2, 0.25) is 10.0 Å². The summed E-state index contributed by atoms with van der Waals surface area (Å²) in [6.07, 6.45) is 6.20. The fourth-order valence-corrected chi connectivity index (χ4v) is 6.08. The van der Waals surface area contributed by atoms with Gasteiger partial charge in [-0.15, -0.1) is 0 Å². The zero-order valence-electron chi connectivity index (χ0n) is 18.6. The first-order chi connectivity index (χ1) is 15.7. The Kier molecular flexibility index (Phi) is 6.09. The molecule has 1 atom stereocenters. The van der Waals surface area contributed by atoms with Crippen LogP contribution in [0.25, 0.3) is 0 Å². The maximum atomic E-state index is 14.3. The van der Waals surface area contributed by atoms with Gasteiger partial charge in [0.05, 0.1) is 11.7 Å². The molecule has 1 saturated heterocycles. The number of rotatable bonds is 6. The van der Waals surface area contributed by atoms with E-state index < -0.39 is 11.8 Å². The first-order valence-corrected chi connectivity index (χ1v) is 12.4. The van der Waals surface area contributed by atoms with Crippen LogP contribution in [0.3, 0.4) is 0 Å². The van der Waals surface area contributed by atoms with E-state index in [-0.39, 0.29) is 29.0 Å². The lowest BCUT2D eigenvalue weighted by Gasteiger charge is -2.52. The van der Waals surface area contributed by atoms with Crippen molar-refractivity contribution < 1.29 is 19.0 Å². The number of likely N-dealkylation sites (tertiary alicyclic amines) is 1. The molecule has 1 heterocycles.